The van der Waals surface area contributed by atoms with E-state index in [0.717, 1.165) is 43.8 Å². The molecule has 4 nitrogen and oxygen atoms in total. The zero-order valence-electron chi connectivity index (χ0n) is 15.4. The average molecular weight is 392 g/mol. The molecule has 0 bridgehead atoms. The molecular formula is C21H23F3N2O2. The molecule has 2 aromatic carbocycles. The number of rotatable bonds is 6. The van der Waals surface area contributed by atoms with E-state index < -0.39 is 17.7 Å². The topological polar surface area (TPSA) is 43.8 Å². The summed E-state index contributed by atoms with van der Waals surface area (Å²) in [5.41, 5.74) is 0.893. The molecule has 28 heavy (non-hydrogen) atoms. The molecule has 0 radical (unpaired) electrons. The number of halogens is 3. The van der Waals surface area contributed by atoms with E-state index in [9.17, 15) is 23.1 Å². The third-order valence-electron chi connectivity index (χ3n) is 5.08. The molecule has 0 unspecified atom stereocenters. The summed E-state index contributed by atoms with van der Waals surface area (Å²) in [5, 5.41) is 9.27. The number of anilines is 1. The van der Waals surface area contributed by atoms with Crippen LogP contribution in [0.15, 0.2) is 54.6 Å². The summed E-state index contributed by atoms with van der Waals surface area (Å²) in [6.45, 7) is 1.57. The molecule has 2 aromatic rings. The maximum absolute atomic E-state index is 13.0. The van der Waals surface area contributed by atoms with Crippen molar-refractivity contribution in [1.82, 2.24) is 4.90 Å². The maximum Gasteiger partial charge on any atom is 0.416 e. The molecule has 7 heteroatoms. The van der Waals surface area contributed by atoms with Gasteiger partial charge in [-0.1, -0.05) is 36.4 Å². The molecule has 1 N–H and O–H groups in total. The fraction of sp³-hybridized carbons (Fsp3) is 0.381. The summed E-state index contributed by atoms with van der Waals surface area (Å²) in [5.74, 6) is -0.975. The summed E-state index contributed by atoms with van der Waals surface area (Å²) < 4.78 is 38.9. The first-order chi connectivity index (χ1) is 13.3. The number of carboxylic acids is 1. The van der Waals surface area contributed by atoms with Gasteiger partial charge in [-0.2, -0.15) is 13.2 Å². The first kappa shape index (κ1) is 20.2. The van der Waals surface area contributed by atoms with Crippen molar-refractivity contribution in [3.63, 3.8) is 0 Å². The van der Waals surface area contributed by atoms with Crippen molar-refractivity contribution in [2.75, 3.05) is 24.5 Å². The third kappa shape index (κ3) is 5.25. The Morgan fingerprint density at radius 2 is 1.75 bits per heavy atom. The molecule has 1 fully saturated rings. The van der Waals surface area contributed by atoms with Gasteiger partial charge in [0, 0.05) is 31.4 Å². The molecule has 0 atom stereocenters. The zero-order chi connectivity index (χ0) is 20.1. The quantitative estimate of drug-likeness (QED) is 0.798. The van der Waals surface area contributed by atoms with Gasteiger partial charge in [0.2, 0.25) is 0 Å². The SMILES string of the molecule is O=C(O)CN(Cc1cccc(C(F)(F)F)c1)C1CCN(c2ccccc2)CC1. The van der Waals surface area contributed by atoms with Gasteiger partial charge in [0.25, 0.3) is 0 Å². The number of carbonyl (C=O) groups is 1. The lowest BCUT2D eigenvalue weighted by Gasteiger charge is -2.39. The van der Waals surface area contributed by atoms with Crippen LogP contribution in [0.2, 0.25) is 0 Å². The Labute approximate surface area is 162 Å². The Kier molecular flexibility index (Phi) is 6.24. The molecule has 3 rings (SSSR count). The van der Waals surface area contributed by atoms with E-state index in [1.165, 1.54) is 6.07 Å². The van der Waals surface area contributed by atoms with Crippen molar-refractivity contribution in [3.8, 4) is 0 Å². The van der Waals surface area contributed by atoms with E-state index in [-0.39, 0.29) is 19.1 Å². The van der Waals surface area contributed by atoms with Crippen molar-refractivity contribution in [1.29, 1.82) is 0 Å². The highest BCUT2D eigenvalue weighted by Gasteiger charge is 2.31. The standard InChI is InChI=1S/C21H23F3N2O2/c22-21(23,24)17-6-4-5-16(13-17)14-26(15-20(27)28)19-9-11-25(12-10-19)18-7-2-1-3-8-18/h1-8,13,19H,9-12,14-15H2,(H,27,28). The summed E-state index contributed by atoms with van der Waals surface area (Å²) in [6, 6.07) is 15.1. The Bertz CT molecular complexity index is 788. The Morgan fingerprint density at radius 3 is 2.36 bits per heavy atom. The highest BCUT2D eigenvalue weighted by atomic mass is 19.4. The summed E-state index contributed by atoms with van der Waals surface area (Å²) in [7, 11) is 0. The Hall–Kier alpha value is -2.54. The lowest BCUT2D eigenvalue weighted by Crippen LogP contribution is -2.46. The average Bonchev–Trinajstić information content (AvgIpc) is 2.68. The van der Waals surface area contributed by atoms with Gasteiger partial charge in [0.1, 0.15) is 0 Å². The molecule has 0 aromatic heterocycles. The van der Waals surface area contributed by atoms with E-state index >= 15 is 0 Å². The third-order valence-corrected chi connectivity index (χ3v) is 5.08. The molecule has 0 saturated carbocycles. The minimum atomic E-state index is -4.41. The van der Waals surface area contributed by atoms with Crippen LogP contribution in [0.4, 0.5) is 18.9 Å². The molecule has 1 aliphatic rings. The van der Waals surface area contributed by atoms with Gasteiger partial charge in [-0.05, 0) is 36.6 Å². The fourth-order valence-electron chi connectivity index (χ4n) is 3.70. The van der Waals surface area contributed by atoms with Gasteiger partial charge >= 0.3 is 12.1 Å². The van der Waals surface area contributed by atoms with Crippen LogP contribution in [0.25, 0.3) is 0 Å². The number of piperidine rings is 1. The minimum Gasteiger partial charge on any atom is -0.480 e. The Morgan fingerprint density at radius 1 is 1.07 bits per heavy atom. The highest BCUT2D eigenvalue weighted by molar-refractivity contribution is 5.69. The highest BCUT2D eigenvalue weighted by Crippen LogP contribution is 2.30. The van der Waals surface area contributed by atoms with Gasteiger partial charge < -0.3 is 10.0 Å². The molecule has 0 spiro atoms. The van der Waals surface area contributed by atoms with Gasteiger partial charge in [0.15, 0.2) is 0 Å². The predicted octanol–water partition coefficient (Wildman–Crippen LogP) is 4.26. The monoisotopic (exact) mass is 392 g/mol. The van der Waals surface area contributed by atoms with E-state index in [4.69, 9.17) is 0 Å². The number of hydrogen-bond acceptors (Lipinski definition) is 3. The minimum absolute atomic E-state index is 0.0191. The lowest BCUT2D eigenvalue weighted by atomic mass is 10.0. The van der Waals surface area contributed by atoms with Crippen LogP contribution in [0.1, 0.15) is 24.0 Å². The van der Waals surface area contributed by atoms with Crippen LogP contribution in [-0.4, -0.2) is 41.7 Å². The van der Waals surface area contributed by atoms with Crippen LogP contribution in [0.5, 0.6) is 0 Å². The zero-order valence-corrected chi connectivity index (χ0v) is 15.4. The number of carboxylic acid groups (broad SMARTS) is 1. The Balaban J connectivity index is 1.69. The number of benzene rings is 2. The maximum atomic E-state index is 13.0. The van der Waals surface area contributed by atoms with E-state index in [2.05, 4.69) is 4.90 Å². The van der Waals surface area contributed by atoms with Crippen LogP contribution in [0.3, 0.4) is 0 Å². The molecule has 1 aliphatic heterocycles. The molecule has 1 heterocycles. The molecule has 0 amide bonds. The first-order valence-corrected chi connectivity index (χ1v) is 9.25. The number of aliphatic carboxylic acids is 1. The number of para-hydroxylation sites is 1. The van der Waals surface area contributed by atoms with E-state index in [0.29, 0.717) is 5.56 Å². The molecular weight excluding hydrogens is 369 g/mol. The summed E-state index contributed by atoms with van der Waals surface area (Å²) in [4.78, 5) is 15.4. The molecule has 150 valence electrons. The van der Waals surface area contributed by atoms with Gasteiger partial charge in [-0.15, -0.1) is 0 Å². The molecule has 1 saturated heterocycles. The summed E-state index contributed by atoms with van der Waals surface area (Å²) >= 11 is 0. The fourth-order valence-corrected chi connectivity index (χ4v) is 3.70. The summed E-state index contributed by atoms with van der Waals surface area (Å²) in [6.07, 6.45) is -2.88. The van der Waals surface area contributed by atoms with Crippen molar-refractivity contribution in [2.45, 2.75) is 31.6 Å². The van der Waals surface area contributed by atoms with Crippen LogP contribution in [0, 0.1) is 0 Å². The second kappa shape index (κ2) is 8.65. The number of nitrogens with zero attached hydrogens (tertiary/aromatic N) is 2. The van der Waals surface area contributed by atoms with Crippen molar-refractivity contribution in [2.24, 2.45) is 0 Å². The second-order valence-corrected chi connectivity index (χ2v) is 7.05. The van der Waals surface area contributed by atoms with Crippen molar-refractivity contribution < 1.29 is 23.1 Å². The predicted molar refractivity (Wildman–Crippen MR) is 101 cm³/mol. The molecule has 0 aliphatic carbocycles. The normalized spacial score (nSPS) is 15.8. The number of alkyl halides is 3. The smallest absolute Gasteiger partial charge is 0.416 e. The van der Waals surface area contributed by atoms with Crippen molar-refractivity contribution in [3.05, 3.63) is 65.7 Å². The van der Waals surface area contributed by atoms with Gasteiger partial charge in [0.05, 0.1) is 12.1 Å². The first-order valence-electron chi connectivity index (χ1n) is 9.25. The largest absolute Gasteiger partial charge is 0.480 e. The van der Waals surface area contributed by atoms with Gasteiger partial charge in [-0.3, -0.25) is 9.69 Å². The van der Waals surface area contributed by atoms with Gasteiger partial charge in [-0.25, -0.2) is 0 Å². The van der Waals surface area contributed by atoms with Crippen LogP contribution < -0.4 is 4.90 Å². The van der Waals surface area contributed by atoms with Crippen molar-refractivity contribution >= 4 is 11.7 Å². The number of hydrogen-bond donors (Lipinski definition) is 1. The van der Waals surface area contributed by atoms with E-state index in [1.807, 2.05) is 30.3 Å². The van der Waals surface area contributed by atoms with Crippen LogP contribution >= 0.6 is 0 Å². The lowest BCUT2D eigenvalue weighted by molar-refractivity contribution is -0.140. The van der Waals surface area contributed by atoms with E-state index in [1.54, 1.807) is 11.0 Å². The second-order valence-electron chi connectivity index (χ2n) is 7.05. The van der Waals surface area contributed by atoms with Crippen LogP contribution in [-0.2, 0) is 17.5 Å².